The highest BCUT2D eigenvalue weighted by Crippen LogP contribution is 2.34. The number of H-pyrrole nitrogens is 1. The van der Waals surface area contributed by atoms with Gasteiger partial charge in [0.1, 0.15) is 0 Å². The van der Waals surface area contributed by atoms with Crippen molar-refractivity contribution in [2.24, 2.45) is 0 Å². The normalized spacial score (nSPS) is 11.1. The van der Waals surface area contributed by atoms with Gasteiger partial charge in [-0.15, -0.1) is 0 Å². The molecule has 0 saturated carbocycles. The lowest BCUT2D eigenvalue weighted by atomic mass is 10.0. The molecule has 6 nitrogen and oxygen atoms in total. The van der Waals surface area contributed by atoms with E-state index in [0.717, 1.165) is 39.1 Å². The zero-order valence-corrected chi connectivity index (χ0v) is 16.2. The molecule has 6 heteroatoms. The number of aryl methyl sites for hydroxylation is 2. The summed E-state index contributed by atoms with van der Waals surface area (Å²) in [6, 6.07) is 21.9. The van der Waals surface area contributed by atoms with Gasteiger partial charge >= 0.3 is 0 Å². The molecule has 2 aromatic carbocycles. The summed E-state index contributed by atoms with van der Waals surface area (Å²) in [6.45, 7) is 0.648. The molecule has 0 fully saturated rings. The zero-order chi connectivity index (χ0) is 20.3. The van der Waals surface area contributed by atoms with Crippen LogP contribution in [0, 0.1) is 0 Å². The van der Waals surface area contributed by atoms with Gasteiger partial charge in [0.2, 0.25) is 0 Å². The minimum Gasteiger partial charge on any atom is -0.330 e. The molecule has 5 rings (SSSR count). The van der Waals surface area contributed by atoms with E-state index in [1.54, 1.807) is 0 Å². The van der Waals surface area contributed by atoms with E-state index in [9.17, 15) is 4.79 Å². The van der Waals surface area contributed by atoms with E-state index < -0.39 is 0 Å². The number of hydrogen-bond acceptors (Lipinski definition) is 4. The second-order valence-electron chi connectivity index (χ2n) is 7.03. The lowest BCUT2D eigenvalue weighted by molar-refractivity contribution is 0.688. The monoisotopic (exact) mass is 393 g/mol. The summed E-state index contributed by atoms with van der Waals surface area (Å²) in [4.78, 5) is 27.8. The van der Waals surface area contributed by atoms with Gasteiger partial charge in [-0.05, 0) is 6.07 Å². The summed E-state index contributed by atoms with van der Waals surface area (Å²) < 4.78 is 2.12. The minimum absolute atomic E-state index is 0.144. The number of para-hydroxylation sites is 1. The second kappa shape index (κ2) is 7.75. The first-order chi connectivity index (χ1) is 14.8. The van der Waals surface area contributed by atoms with Gasteiger partial charge in [-0.25, -0.2) is 9.97 Å². The molecular formula is C24H19N5O. The van der Waals surface area contributed by atoms with Gasteiger partial charge in [-0.1, -0.05) is 54.6 Å². The molecule has 0 aliphatic heterocycles. The first-order valence-corrected chi connectivity index (χ1v) is 9.78. The highest BCUT2D eigenvalue weighted by atomic mass is 16.1. The zero-order valence-electron chi connectivity index (χ0n) is 16.2. The molecule has 0 saturated heterocycles. The maximum Gasteiger partial charge on any atom is 0.250 e. The molecular weight excluding hydrogens is 374 g/mol. The van der Waals surface area contributed by atoms with Gasteiger partial charge in [0.15, 0.2) is 0 Å². The first-order valence-electron chi connectivity index (χ1n) is 9.78. The summed E-state index contributed by atoms with van der Waals surface area (Å²) in [7, 11) is 0. The number of benzene rings is 2. The van der Waals surface area contributed by atoms with Crippen molar-refractivity contribution in [2.45, 2.75) is 13.0 Å². The standard InChI is InChI=1S/C24H19N5O/c30-21-14-19(26-15-27-21)11-13-29-16-28-23(18-6-2-1-3-7-18)24(29)20-10-4-8-17-9-5-12-25-22(17)20/h1-10,12,14-16H,11,13H2,(H,26,27,30). The molecule has 0 unspecified atom stereocenters. The van der Waals surface area contributed by atoms with E-state index in [1.165, 1.54) is 12.4 Å². The van der Waals surface area contributed by atoms with Crippen LogP contribution in [0.1, 0.15) is 5.69 Å². The Kier molecular flexibility index (Phi) is 4.65. The molecule has 0 radical (unpaired) electrons. The fraction of sp³-hybridized carbons (Fsp3) is 0.0833. The van der Waals surface area contributed by atoms with Crippen molar-refractivity contribution in [3.63, 3.8) is 0 Å². The number of hydrogen-bond donors (Lipinski definition) is 1. The van der Waals surface area contributed by atoms with Crippen molar-refractivity contribution in [1.29, 1.82) is 0 Å². The van der Waals surface area contributed by atoms with Gasteiger partial charge < -0.3 is 9.55 Å². The van der Waals surface area contributed by atoms with E-state index in [4.69, 9.17) is 4.98 Å². The van der Waals surface area contributed by atoms with Crippen LogP contribution in [0.2, 0.25) is 0 Å². The van der Waals surface area contributed by atoms with E-state index in [0.29, 0.717) is 13.0 Å². The van der Waals surface area contributed by atoms with Crippen LogP contribution >= 0.6 is 0 Å². The van der Waals surface area contributed by atoms with E-state index in [2.05, 4.69) is 49.9 Å². The smallest absolute Gasteiger partial charge is 0.250 e. The van der Waals surface area contributed by atoms with E-state index in [1.807, 2.05) is 42.9 Å². The molecule has 30 heavy (non-hydrogen) atoms. The molecule has 5 aromatic rings. The van der Waals surface area contributed by atoms with E-state index >= 15 is 0 Å². The Morgan fingerprint density at radius 3 is 2.63 bits per heavy atom. The Labute approximate surface area is 172 Å². The quantitative estimate of drug-likeness (QED) is 0.488. The number of aromatic amines is 1. The third-order valence-corrected chi connectivity index (χ3v) is 5.12. The van der Waals surface area contributed by atoms with E-state index in [-0.39, 0.29) is 5.56 Å². The predicted octanol–water partition coefficient (Wildman–Crippen LogP) is 4.09. The lowest BCUT2D eigenvalue weighted by Crippen LogP contribution is -2.09. The summed E-state index contributed by atoms with van der Waals surface area (Å²) in [6.07, 6.45) is 5.73. The maximum atomic E-state index is 11.6. The molecule has 146 valence electrons. The molecule has 3 heterocycles. The van der Waals surface area contributed by atoms with Gasteiger partial charge in [0.25, 0.3) is 5.56 Å². The molecule has 0 amide bonds. The van der Waals surface area contributed by atoms with Crippen LogP contribution in [-0.4, -0.2) is 24.5 Å². The van der Waals surface area contributed by atoms with Crippen LogP contribution in [0.3, 0.4) is 0 Å². The number of fused-ring (bicyclic) bond motifs is 1. The van der Waals surface area contributed by atoms with Crippen LogP contribution < -0.4 is 5.56 Å². The molecule has 0 aliphatic carbocycles. The molecule has 1 N–H and O–H groups in total. The highest BCUT2D eigenvalue weighted by Gasteiger charge is 2.17. The minimum atomic E-state index is -0.144. The van der Waals surface area contributed by atoms with Gasteiger partial charge in [0.05, 0.1) is 29.6 Å². The fourth-order valence-electron chi connectivity index (χ4n) is 3.72. The molecule has 0 bridgehead atoms. The Morgan fingerprint density at radius 1 is 0.900 bits per heavy atom. The third kappa shape index (κ3) is 3.39. The Balaban J connectivity index is 1.65. The second-order valence-corrected chi connectivity index (χ2v) is 7.03. The van der Waals surface area contributed by atoms with Gasteiger partial charge in [-0.3, -0.25) is 9.78 Å². The summed E-state index contributed by atoms with van der Waals surface area (Å²) >= 11 is 0. The first kappa shape index (κ1) is 18.0. The van der Waals surface area contributed by atoms with Crippen molar-refractivity contribution in [3.05, 3.63) is 102 Å². The van der Waals surface area contributed by atoms with Crippen molar-refractivity contribution in [2.75, 3.05) is 0 Å². The highest BCUT2D eigenvalue weighted by molar-refractivity contribution is 5.96. The Bertz CT molecular complexity index is 1370. The molecule has 0 aliphatic rings. The molecule has 3 aromatic heterocycles. The molecule has 0 atom stereocenters. The number of pyridine rings is 1. The van der Waals surface area contributed by atoms with Crippen molar-refractivity contribution in [3.8, 4) is 22.5 Å². The maximum absolute atomic E-state index is 11.6. The molecule has 0 spiro atoms. The number of rotatable bonds is 5. The van der Waals surface area contributed by atoms with Crippen molar-refractivity contribution in [1.82, 2.24) is 24.5 Å². The van der Waals surface area contributed by atoms with Crippen LogP contribution in [-0.2, 0) is 13.0 Å². The topological polar surface area (TPSA) is 76.5 Å². The summed E-state index contributed by atoms with van der Waals surface area (Å²) in [5.41, 5.74) is 5.54. The lowest BCUT2D eigenvalue weighted by Gasteiger charge is -2.12. The van der Waals surface area contributed by atoms with Gasteiger partial charge in [0, 0.05) is 47.4 Å². The largest absolute Gasteiger partial charge is 0.330 e. The Hall–Kier alpha value is -4.06. The number of aromatic nitrogens is 5. The number of nitrogens with zero attached hydrogens (tertiary/aromatic N) is 4. The predicted molar refractivity (Wildman–Crippen MR) is 117 cm³/mol. The third-order valence-electron chi connectivity index (χ3n) is 5.12. The van der Waals surface area contributed by atoms with Crippen molar-refractivity contribution < 1.29 is 0 Å². The van der Waals surface area contributed by atoms with Crippen LogP contribution in [0.15, 0.2) is 90.4 Å². The number of nitrogens with one attached hydrogen (secondary N) is 1. The Morgan fingerprint density at radius 2 is 1.77 bits per heavy atom. The van der Waals surface area contributed by atoms with Crippen LogP contribution in [0.4, 0.5) is 0 Å². The van der Waals surface area contributed by atoms with Gasteiger partial charge in [-0.2, -0.15) is 0 Å². The van der Waals surface area contributed by atoms with Crippen molar-refractivity contribution >= 4 is 10.9 Å². The van der Waals surface area contributed by atoms with Crippen LogP contribution in [0.5, 0.6) is 0 Å². The average molecular weight is 393 g/mol. The van der Waals surface area contributed by atoms with Crippen LogP contribution in [0.25, 0.3) is 33.4 Å². The summed E-state index contributed by atoms with van der Waals surface area (Å²) in [5, 5.41) is 1.08. The average Bonchev–Trinajstić information content (AvgIpc) is 3.22. The fourth-order valence-corrected chi connectivity index (χ4v) is 3.72. The summed E-state index contributed by atoms with van der Waals surface area (Å²) in [5.74, 6) is 0. The SMILES string of the molecule is O=c1cc(CCn2cnc(-c3ccccc3)c2-c2cccc3cccnc23)nc[nH]1. The number of imidazole rings is 1.